The summed E-state index contributed by atoms with van der Waals surface area (Å²) in [4.78, 5) is 21.7. The van der Waals surface area contributed by atoms with Crippen molar-refractivity contribution in [1.29, 1.82) is 0 Å². The van der Waals surface area contributed by atoms with E-state index >= 15 is 0 Å². The molecular formula is C23H31Cl2N3O. The molecule has 6 heteroatoms. The van der Waals surface area contributed by atoms with Gasteiger partial charge in [-0.3, -0.25) is 14.7 Å². The number of benzene rings is 1. The molecule has 4 nitrogen and oxygen atoms in total. The summed E-state index contributed by atoms with van der Waals surface area (Å²) in [6, 6.07) is 14.7. The molecule has 0 saturated carbocycles. The lowest BCUT2D eigenvalue weighted by atomic mass is 9.93. The van der Waals surface area contributed by atoms with Crippen molar-refractivity contribution in [3.63, 3.8) is 0 Å². The lowest BCUT2D eigenvalue weighted by Gasteiger charge is -2.33. The molecule has 1 amide bonds. The lowest BCUT2D eigenvalue weighted by molar-refractivity contribution is -0.118. The average Bonchev–Trinajstić information content (AvgIpc) is 2.86. The normalized spacial score (nSPS) is 17.7. The van der Waals surface area contributed by atoms with Crippen LogP contribution in [0.3, 0.4) is 0 Å². The van der Waals surface area contributed by atoms with Crippen molar-refractivity contribution in [2.45, 2.75) is 45.1 Å². The maximum absolute atomic E-state index is 12.6. The average molecular weight is 436 g/mol. The molecule has 1 aromatic carbocycles. The van der Waals surface area contributed by atoms with Gasteiger partial charge in [-0.05, 0) is 68.8 Å². The van der Waals surface area contributed by atoms with Crippen molar-refractivity contribution in [2.75, 3.05) is 24.5 Å². The standard InChI is InChI=1S/C23H29N3O.2ClH/c27-23-10-4-8-21-22(9-5-14-24-21)26(23)17-13-19-11-15-25(16-12-19)18-20-6-2-1-3-7-20;;/h1-3,5-7,9,14,19H,4,8,10-13,15-18H2;2*1H. The molecular weight excluding hydrogens is 405 g/mol. The molecule has 4 rings (SSSR count). The molecule has 3 heterocycles. The van der Waals surface area contributed by atoms with Crippen molar-refractivity contribution < 1.29 is 4.79 Å². The Morgan fingerprint density at radius 2 is 1.72 bits per heavy atom. The van der Waals surface area contributed by atoms with Gasteiger partial charge in [-0.25, -0.2) is 0 Å². The molecule has 2 aliphatic rings. The highest BCUT2D eigenvalue weighted by Gasteiger charge is 2.25. The highest BCUT2D eigenvalue weighted by atomic mass is 35.5. The van der Waals surface area contributed by atoms with Crippen LogP contribution in [0.5, 0.6) is 0 Å². The molecule has 0 N–H and O–H groups in total. The maximum atomic E-state index is 12.6. The molecule has 2 aromatic rings. The van der Waals surface area contributed by atoms with E-state index < -0.39 is 0 Å². The van der Waals surface area contributed by atoms with Gasteiger partial charge in [0, 0.05) is 25.7 Å². The summed E-state index contributed by atoms with van der Waals surface area (Å²) >= 11 is 0. The summed E-state index contributed by atoms with van der Waals surface area (Å²) in [5, 5.41) is 0. The monoisotopic (exact) mass is 435 g/mol. The van der Waals surface area contributed by atoms with E-state index in [1.54, 1.807) is 0 Å². The number of rotatable bonds is 5. The van der Waals surface area contributed by atoms with Gasteiger partial charge in [-0.15, -0.1) is 24.8 Å². The minimum Gasteiger partial charge on any atom is -0.311 e. The third-order valence-electron chi connectivity index (χ3n) is 5.98. The fourth-order valence-corrected chi connectivity index (χ4v) is 4.38. The molecule has 2 aliphatic heterocycles. The highest BCUT2D eigenvalue weighted by molar-refractivity contribution is 5.94. The number of carbonyl (C=O) groups is 1. The molecule has 0 atom stereocenters. The minimum atomic E-state index is 0. The van der Waals surface area contributed by atoms with Crippen LogP contribution in [0, 0.1) is 5.92 Å². The number of hydrogen-bond acceptors (Lipinski definition) is 3. The Hall–Kier alpha value is -1.62. The number of likely N-dealkylation sites (tertiary alicyclic amines) is 1. The zero-order valence-corrected chi connectivity index (χ0v) is 18.5. The Labute approximate surface area is 186 Å². The Balaban J connectivity index is 0.00000150. The molecule has 1 aromatic heterocycles. The second-order valence-electron chi connectivity index (χ2n) is 7.86. The molecule has 29 heavy (non-hydrogen) atoms. The molecule has 0 unspecified atom stereocenters. The minimum absolute atomic E-state index is 0. The number of hydrogen-bond donors (Lipinski definition) is 0. The topological polar surface area (TPSA) is 36.4 Å². The number of aryl methyl sites for hydroxylation is 1. The number of carbonyl (C=O) groups excluding carboxylic acids is 1. The van der Waals surface area contributed by atoms with Gasteiger partial charge in [0.1, 0.15) is 0 Å². The summed E-state index contributed by atoms with van der Waals surface area (Å²) in [5.74, 6) is 0.983. The maximum Gasteiger partial charge on any atom is 0.227 e. The van der Waals surface area contributed by atoms with Crippen molar-refractivity contribution in [3.05, 3.63) is 59.9 Å². The van der Waals surface area contributed by atoms with Crippen LogP contribution in [0.25, 0.3) is 0 Å². The van der Waals surface area contributed by atoms with Crippen LogP contribution in [0.4, 0.5) is 5.69 Å². The van der Waals surface area contributed by atoms with Crippen molar-refractivity contribution >= 4 is 36.4 Å². The third-order valence-corrected chi connectivity index (χ3v) is 5.98. The summed E-state index contributed by atoms with van der Waals surface area (Å²) in [6.07, 6.45) is 7.87. The molecule has 0 bridgehead atoms. The first kappa shape index (κ1) is 23.7. The first-order chi connectivity index (χ1) is 13.3. The zero-order chi connectivity index (χ0) is 18.5. The molecule has 1 saturated heterocycles. The van der Waals surface area contributed by atoms with Crippen LogP contribution in [0.15, 0.2) is 48.7 Å². The third kappa shape index (κ3) is 6.18. The van der Waals surface area contributed by atoms with Crippen LogP contribution < -0.4 is 4.90 Å². The van der Waals surface area contributed by atoms with Crippen LogP contribution >= 0.6 is 24.8 Å². The van der Waals surface area contributed by atoms with Gasteiger partial charge in [0.15, 0.2) is 0 Å². The Bertz CT molecular complexity index is 764. The predicted molar refractivity (Wildman–Crippen MR) is 123 cm³/mol. The number of anilines is 1. The van der Waals surface area contributed by atoms with E-state index in [0.29, 0.717) is 12.3 Å². The van der Waals surface area contributed by atoms with Gasteiger partial charge in [0.25, 0.3) is 0 Å². The van der Waals surface area contributed by atoms with E-state index in [9.17, 15) is 4.79 Å². The number of nitrogens with zero attached hydrogens (tertiary/aromatic N) is 3. The summed E-state index contributed by atoms with van der Waals surface area (Å²) in [6.45, 7) is 4.20. The zero-order valence-electron chi connectivity index (χ0n) is 16.8. The van der Waals surface area contributed by atoms with Crippen LogP contribution in [0.1, 0.15) is 43.4 Å². The number of amides is 1. The van der Waals surface area contributed by atoms with E-state index in [1.165, 1.54) is 18.4 Å². The molecule has 158 valence electrons. The van der Waals surface area contributed by atoms with Gasteiger partial charge < -0.3 is 4.90 Å². The van der Waals surface area contributed by atoms with Crippen molar-refractivity contribution in [2.24, 2.45) is 5.92 Å². The molecule has 0 aliphatic carbocycles. The predicted octanol–water partition coefficient (Wildman–Crippen LogP) is 4.90. The molecule has 0 radical (unpaired) electrons. The van der Waals surface area contributed by atoms with Gasteiger partial charge in [-0.1, -0.05) is 30.3 Å². The summed E-state index contributed by atoms with van der Waals surface area (Å²) in [7, 11) is 0. The lowest BCUT2D eigenvalue weighted by Crippen LogP contribution is -2.36. The summed E-state index contributed by atoms with van der Waals surface area (Å²) in [5.41, 5.74) is 3.53. The first-order valence-corrected chi connectivity index (χ1v) is 10.3. The number of fused-ring (bicyclic) bond motifs is 1. The van der Waals surface area contributed by atoms with E-state index in [0.717, 1.165) is 56.8 Å². The SMILES string of the molecule is Cl.Cl.O=C1CCCc2ncccc2N1CCC1CCN(Cc2ccccc2)CC1. The summed E-state index contributed by atoms with van der Waals surface area (Å²) < 4.78 is 0. The fourth-order valence-electron chi connectivity index (χ4n) is 4.38. The van der Waals surface area contributed by atoms with E-state index in [1.807, 2.05) is 17.2 Å². The smallest absolute Gasteiger partial charge is 0.227 e. The van der Waals surface area contributed by atoms with Crippen LogP contribution in [0.2, 0.25) is 0 Å². The first-order valence-electron chi connectivity index (χ1n) is 10.3. The highest BCUT2D eigenvalue weighted by Crippen LogP contribution is 2.28. The Morgan fingerprint density at radius 1 is 0.966 bits per heavy atom. The van der Waals surface area contributed by atoms with Gasteiger partial charge in [-0.2, -0.15) is 0 Å². The number of piperidine rings is 1. The quantitative estimate of drug-likeness (QED) is 0.669. The van der Waals surface area contributed by atoms with Gasteiger partial charge in [0.05, 0.1) is 11.4 Å². The Kier molecular flexibility index (Phi) is 9.41. The Morgan fingerprint density at radius 3 is 2.48 bits per heavy atom. The van der Waals surface area contributed by atoms with Crippen molar-refractivity contribution in [1.82, 2.24) is 9.88 Å². The van der Waals surface area contributed by atoms with Crippen LogP contribution in [-0.2, 0) is 17.8 Å². The second-order valence-corrected chi connectivity index (χ2v) is 7.86. The number of pyridine rings is 1. The molecule has 1 fully saturated rings. The van der Waals surface area contributed by atoms with Crippen LogP contribution in [-0.4, -0.2) is 35.4 Å². The van der Waals surface area contributed by atoms with E-state index in [2.05, 4.69) is 46.3 Å². The fraction of sp³-hybridized carbons (Fsp3) is 0.478. The van der Waals surface area contributed by atoms with Gasteiger partial charge in [0.2, 0.25) is 5.91 Å². The second kappa shape index (κ2) is 11.5. The molecule has 0 spiro atoms. The van der Waals surface area contributed by atoms with Crippen molar-refractivity contribution in [3.8, 4) is 0 Å². The number of aromatic nitrogens is 1. The van der Waals surface area contributed by atoms with Gasteiger partial charge >= 0.3 is 0 Å². The number of halogens is 2. The largest absolute Gasteiger partial charge is 0.311 e. The van der Waals surface area contributed by atoms with E-state index in [-0.39, 0.29) is 30.7 Å². The van der Waals surface area contributed by atoms with E-state index in [4.69, 9.17) is 0 Å².